The highest BCUT2D eigenvalue weighted by atomic mass is 35.5. The van der Waals surface area contributed by atoms with Gasteiger partial charge in [-0.3, -0.25) is 4.79 Å². The lowest BCUT2D eigenvalue weighted by Gasteiger charge is -2.15. The normalized spacial score (nSPS) is 10.1. The Hall–Kier alpha value is -1.45. The van der Waals surface area contributed by atoms with Crippen LogP contribution in [0.4, 0.5) is 0 Å². The average Bonchev–Trinajstić information content (AvgIpc) is 3.03. The minimum absolute atomic E-state index is 0.176. The molecule has 0 fully saturated rings. The molecule has 0 aliphatic heterocycles. The minimum Gasteiger partial charge on any atom is -0.340 e. The van der Waals surface area contributed by atoms with E-state index < -0.39 is 0 Å². The Labute approximate surface area is 136 Å². The van der Waals surface area contributed by atoms with Crippen molar-refractivity contribution in [3.8, 4) is 11.8 Å². The van der Waals surface area contributed by atoms with Crippen LogP contribution >= 0.6 is 34.5 Å². The van der Waals surface area contributed by atoms with Crippen molar-refractivity contribution >= 4 is 40.4 Å². The summed E-state index contributed by atoms with van der Waals surface area (Å²) in [4.78, 5) is 17.5. The fourth-order valence-electron chi connectivity index (χ4n) is 1.73. The zero-order valence-electron chi connectivity index (χ0n) is 11.2. The van der Waals surface area contributed by atoms with E-state index in [4.69, 9.17) is 28.9 Å². The summed E-state index contributed by atoms with van der Waals surface area (Å²) in [6.07, 6.45) is 0. The maximum atomic E-state index is 12.2. The quantitative estimate of drug-likeness (QED) is 0.843. The number of carbonyl (C=O) groups is 1. The van der Waals surface area contributed by atoms with E-state index in [-0.39, 0.29) is 11.1 Å². The predicted octanol–water partition coefficient (Wildman–Crippen LogP) is 2.97. The third-order valence-electron chi connectivity index (χ3n) is 2.69. The molecule has 0 bridgehead atoms. The Kier molecular flexibility index (Phi) is 5.32. The maximum absolute atomic E-state index is 12.2. The van der Waals surface area contributed by atoms with Gasteiger partial charge < -0.3 is 15.6 Å². The molecule has 3 N–H and O–H groups in total. The van der Waals surface area contributed by atoms with Crippen molar-refractivity contribution in [2.24, 2.45) is 5.73 Å². The Morgan fingerprint density at radius 3 is 2.86 bits per heavy atom. The molecule has 0 saturated carbocycles. The molecule has 0 unspecified atom stereocenters. The van der Waals surface area contributed by atoms with Gasteiger partial charge in [0, 0.05) is 13.6 Å². The number of nitrogens with zero attached hydrogens (tertiary/aromatic N) is 1. The van der Waals surface area contributed by atoms with Crippen LogP contribution in [0, 0.1) is 11.8 Å². The molecule has 110 valence electrons. The summed E-state index contributed by atoms with van der Waals surface area (Å²) in [7, 11) is 1.72. The first-order valence-electron chi connectivity index (χ1n) is 6.07. The van der Waals surface area contributed by atoms with Crippen molar-refractivity contribution in [3.05, 3.63) is 43.8 Å². The van der Waals surface area contributed by atoms with Crippen molar-refractivity contribution in [1.82, 2.24) is 9.88 Å². The molecule has 4 nitrogen and oxygen atoms in total. The van der Waals surface area contributed by atoms with E-state index in [1.807, 2.05) is 11.4 Å². The number of hydrogen-bond donors (Lipinski definition) is 2. The molecule has 2 rings (SSSR count). The number of halogens is 2. The second-order valence-electron chi connectivity index (χ2n) is 4.33. The van der Waals surface area contributed by atoms with Crippen LogP contribution < -0.4 is 5.73 Å². The topological polar surface area (TPSA) is 62.1 Å². The summed E-state index contributed by atoms with van der Waals surface area (Å²) < 4.78 is 0. The molecule has 0 atom stereocenters. The van der Waals surface area contributed by atoms with E-state index in [9.17, 15) is 4.79 Å². The highest BCUT2D eigenvalue weighted by molar-refractivity contribution is 7.10. The molecular formula is C14H13Cl2N3OS. The van der Waals surface area contributed by atoms with Gasteiger partial charge in [-0.25, -0.2) is 0 Å². The number of amides is 1. The number of nitrogens with one attached hydrogen (secondary N) is 1. The summed E-state index contributed by atoms with van der Waals surface area (Å²) in [5, 5.41) is 2.57. The van der Waals surface area contributed by atoms with Crippen LogP contribution in [-0.2, 0) is 6.54 Å². The van der Waals surface area contributed by atoms with E-state index in [1.54, 1.807) is 11.9 Å². The van der Waals surface area contributed by atoms with Gasteiger partial charge in [-0.1, -0.05) is 35.0 Å². The zero-order valence-corrected chi connectivity index (χ0v) is 13.6. The molecule has 0 aromatic carbocycles. The van der Waals surface area contributed by atoms with E-state index in [2.05, 4.69) is 16.8 Å². The zero-order chi connectivity index (χ0) is 15.4. The van der Waals surface area contributed by atoms with Crippen LogP contribution in [0.15, 0.2) is 17.5 Å². The van der Waals surface area contributed by atoms with Crippen molar-refractivity contribution in [2.45, 2.75) is 6.54 Å². The standard InChI is InChI=1S/C14H13Cl2N3OS/c1-19(14(20)12-6-11(15)13(16)18-12)7-9-5-10(21-8-9)3-2-4-17/h5-6,8,18H,4,7,17H2,1H3. The molecule has 0 radical (unpaired) electrons. The molecule has 2 aromatic rings. The fraction of sp³-hybridized carbons (Fsp3) is 0.214. The van der Waals surface area contributed by atoms with Crippen LogP contribution in [0.2, 0.25) is 10.2 Å². The second kappa shape index (κ2) is 7.01. The molecule has 0 saturated heterocycles. The number of aromatic amines is 1. The van der Waals surface area contributed by atoms with E-state index in [0.29, 0.717) is 23.8 Å². The minimum atomic E-state index is -0.176. The number of carbonyl (C=O) groups excluding carboxylic acids is 1. The number of nitrogens with two attached hydrogens (primary N) is 1. The highest BCUT2D eigenvalue weighted by Gasteiger charge is 2.16. The lowest BCUT2D eigenvalue weighted by atomic mass is 10.2. The van der Waals surface area contributed by atoms with Crippen LogP contribution in [0.3, 0.4) is 0 Å². The molecule has 1 amide bonds. The van der Waals surface area contributed by atoms with Crippen molar-refractivity contribution in [3.63, 3.8) is 0 Å². The molecule has 0 aliphatic rings. The monoisotopic (exact) mass is 341 g/mol. The number of rotatable bonds is 3. The largest absolute Gasteiger partial charge is 0.340 e. The molecule has 0 aliphatic carbocycles. The predicted molar refractivity (Wildman–Crippen MR) is 86.9 cm³/mol. The Morgan fingerprint density at radius 2 is 2.24 bits per heavy atom. The van der Waals surface area contributed by atoms with Crippen molar-refractivity contribution in [2.75, 3.05) is 13.6 Å². The summed E-state index contributed by atoms with van der Waals surface area (Å²) in [6, 6.07) is 3.47. The van der Waals surface area contributed by atoms with Gasteiger partial charge in [-0.2, -0.15) is 0 Å². The van der Waals surface area contributed by atoms with Crippen LogP contribution in [0.25, 0.3) is 0 Å². The fourth-order valence-corrected chi connectivity index (χ4v) is 2.82. The average molecular weight is 342 g/mol. The van der Waals surface area contributed by atoms with Gasteiger partial charge in [0.2, 0.25) is 0 Å². The number of H-pyrrole nitrogens is 1. The molecular weight excluding hydrogens is 329 g/mol. The Morgan fingerprint density at radius 1 is 1.48 bits per heavy atom. The third-order valence-corrected chi connectivity index (χ3v) is 4.28. The molecule has 0 spiro atoms. The first kappa shape index (κ1) is 15.9. The summed E-state index contributed by atoms with van der Waals surface area (Å²) in [5.74, 6) is 5.59. The number of hydrogen-bond acceptors (Lipinski definition) is 3. The first-order chi connectivity index (χ1) is 10.0. The van der Waals surface area contributed by atoms with E-state index in [0.717, 1.165) is 10.4 Å². The van der Waals surface area contributed by atoms with Crippen molar-refractivity contribution < 1.29 is 4.79 Å². The van der Waals surface area contributed by atoms with Gasteiger partial charge in [-0.05, 0) is 23.1 Å². The highest BCUT2D eigenvalue weighted by Crippen LogP contribution is 2.23. The Balaban J connectivity index is 2.05. The molecule has 7 heteroatoms. The van der Waals surface area contributed by atoms with Gasteiger partial charge in [-0.15, -0.1) is 11.3 Å². The van der Waals surface area contributed by atoms with Gasteiger partial charge in [0.15, 0.2) is 0 Å². The first-order valence-corrected chi connectivity index (χ1v) is 7.70. The second-order valence-corrected chi connectivity index (χ2v) is 6.03. The lowest BCUT2D eigenvalue weighted by Crippen LogP contribution is -2.26. The lowest BCUT2D eigenvalue weighted by molar-refractivity contribution is 0.0780. The van der Waals surface area contributed by atoms with Crippen LogP contribution in [0.1, 0.15) is 20.9 Å². The number of thiophene rings is 1. The Bertz CT molecular complexity index is 692. The van der Waals surface area contributed by atoms with E-state index >= 15 is 0 Å². The van der Waals surface area contributed by atoms with E-state index in [1.165, 1.54) is 17.4 Å². The smallest absolute Gasteiger partial charge is 0.270 e. The van der Waals surface area contributed by atoms with Crippen LogP contribution in [0.5, 0.6) is 0 Å². The van der Waals surface area contributed by atoms with Crippen LogP contribution in [-0.4, -0.2) is 29.4 Å². The molecule has 2 aromatic heterocycles. The molecule has 2 heterocycles. The maximum Gasteiger partial charge on any atom is 0.270 e. The van der Waals surface area contributed by atoms with Gasteiger partial charge in [0.1, 0.15) is 10.8 Å². The number of aromatic nitrogens is 1. The van der Waals surface area contributed by atoms with Crippen molar-refractivity contribution in [1.29, 1.82) is 0 Å². The summed E-state index contributed by atoms with van der Waals surface area (Å²) in [6.45, 7) is 0.813. The summed E-state index contributed by atoms with van der Waals surface area (Å²) in [5.41, 5.74) is 6.72. The van der Waals surface area contributed by atoms with Gasteiger partial charge in [0.05, 0.1) is 16.4 Å². The third kappa shape index (κ3) is 4.02. The molecule has 21 heavy (non-hydrogen) atoms. The van der Waals surface area contributed by atoms with Gasteiger partial charge in [0.25, 0.3) is 5.91 Å². The summed E-state index contributed by atoms with van der Waals surface area (Å²) >= 11 is 13.2. The SMILES string of the molecule is CN(Cc1csc(C#CCN)c1)C(=O)c1cc(Cl)c(Cl)[nH]1. The van der Waals surface area contributed by atoms with Gasteiger partial charge >= 0.3 is 0 Å².